The maximum absolute atomic E-state index is 12.6. The Morgan fingerprint density at radius 3 is 2.38 bits per heavy atom. The summed E-state index contributed by atoms with van der Waals surface area (Å²) in [6.07, 6.45) is 0. The molecule has 0 amide bonds. The summed E-state index contributed by atoms with van der Waals surface area (Å²) in [5.74, 6) is 0.000906. The van der Waals surface area contributed by atoms with E-state index in [-0.39, 0.29) is 17.2 Å². The number of nitriles is 1. The molecule has 0 aliphatic heterocycles. The monoisotopic (exact) mass is 302 g/mol. The zero-order valence-electron chi connectivity index (χ0n) is 11.4. The quantitative estimate of drug-likeness (QED) is 0.940. The van der Waals surface area contributed by atoms with E-state index < -0.39 is 10.0 Å². The van der Waals surface area contributed by atoms with Crippen molar-refractivity contribution < 1.29 is 13.5 Å². The Morgan fingerprint density at radius 2 is 1.86 bits per heavy atom. The van der Waals surface area contributed by atoms with Gasteiger partial charge in [0.15, 0.2) is 0 Å². The van der Waals surface area contributed by atoms with Crippen LogP contribution >= 0.6 is 0 Å². The lowest BCUT2D eigenvalue weighted by molar-refractivity contribution is 0.475. The van der Waals surface area contributed by atoms with Crippen LogP contribution in [-0.4, -0.2) is 20.1 Å². The van der Waals surface area contributed by atoms with E-state index in [4.69, 9.17) is 5.26 Å². The molecule has 21 heavy (non-hydrogen) atoms. The largest absolute Gasteiger partial charge is 0.508 e. The first-order valence-corrected chi connectivity index (χ1v) is 7.75. The highest BCUT2D eigenvalue weighted by atomic mass is 32.2. The van der Waals surface area contributed by atoms with Crippen molar-refractivity contribution in [3.8, 4) is 11.8 Å². The second kappa shape index (κ2) is 5.85. The Hall–Kier alpha value is -2.52. The summed E-state index contributed by atoms with van der Waals surface area (Å²) in [7, 11) is -3.73. The van der Waals surface area contributed by atoms with Gasteiger partial charge in [-0.1, -0.05) is 6.07 Å². The van der Waals surface area contributed by atoms with Crippen LogP contribution in [0.4, 0.5) is 5.69 Å². The summed E-state index contributed by atoms with van der Waals surface area (Å²) in [5.41, 5.74) is 0.788. The molecule has 0 radical (unpaired) electrons. The van der Waals surface area contributed by atoms with Crippen molar-refractivity contribution in [3.63, 3.8) is 0 Å². The number of benzene rings is 2. The van der Waals surface area contributed by atoms with Crippen LogP contribution in [0.1, 0.15) is 12.5 Å². The molecular formula is C15H14N2O3S. The Balaban J connectivity index is 2.47. The van der Waals surface area contributed by atoms with Crippen LogP contribution in [0.15, 0.2) is 53.4 Å². The topological polar surface area (TPSA) is 81.4 Å². The molecule has 0 saturated carbocycles. The molecule has 0 aromatic heterocycles. The van der Waals surface area contributed by atoms with Crippen molar-refractivity contribution in [1.82, 2.24) is 0 Å². The van der Waals surface area contributed by atoms with Gasteiger partial charge in [0.25, 0.3) is 10.0 Å². The van der Waals surface area contributed by atoms with Crippen LogP contribution in [0.3, 0.4) is 0 Å². The van der Waals surface area contributed by atoms with E-state index in [9.17, 15) is 13.5 Å². The van der Waals surface area contributed by atoms with Crippen LogP contribution in [0.2, 0.25) is 0 Å². The highest BCUT2D eigenvalue weighted by molar-refractivity contribution is 7.92. The summed E-state index contributed by atoms with van der Waals surface area (Å²) in [6.45, 7) is 1.94. The first-order valence-electron chi connectivity index (χ1n) is 6.31. The fourth-order valence-electron chi connectivity index (χ4n) is 1.97. The highest BCUT2D eigenvalue weighted by Gasteiger charge is 2.23. The summed E-state index contributed by atoms with van der Waals surface area (Å²) in [4.78, 5) is 0.103. The second-order valence-electron chi connectivity index (χ2n) is 4.33. The Morgan fingerprint density at radius 1 is 1.19 bits per heavy atom. The predicted octanol–water partition coefficient (Wildman–Crippen LogP) is 2.48. The highest BCUT2D eigenvalue weighted by Crippen LogP contribution is 2.26. The van der Waals surface area contributed by atoms with Crippen molar-refractivity contribution in [3.05, 3.63) is 54.1 Å². The molecule has 2 rings (SSSR count). The van der Waals surface area contributed by atoms with Gasteiger partial charge in [-0.3, -0.25) is 4.31 Å². The van der Waals surface area contributed by atoms with Gasteiger partial charge >= 0.3 is 0 Å². The zero-order chi connectivity index (χ0) is 15.5. The SMILES string of the molecule is CCN(c1cccc(O)c1)S(=O)(=O)c1ccc(C#N)cc1. The van der Waals surface area contributed by atoms with Crippen LogP contribution in [-0.2, 0) is 10.0 Å². The van der Waals surface area contributed by atoms with Gasteiger partial charge in [-0.15, -0.1) is 0 Å². The summed E-state index contributed by atoms with van der Waals surface area (Å²) in [6, 6.07) is 13.7. The molecule has 5 nitrogen and oxygen atoms in total. The number of phenolic OH excluding ortho intramolecular Hbond substituents is 1. The van der Waals surface area contributed by atoms with Crippen molar-refractivity contribution in [2.24, 2.45) is 0 Å². The second-order valence-corrected chi connectivity index (χ2v) is 6.19. The van der Waals surface area contributed by atoms with Crippen LogP contribution in [0, 0.1) is 11.3 Å². The van der Waals surface area contributed by atoms with E-state index in [0.717, 1.165) is 0 Å². The molecule has 0 saturated heterocycles. The number of sulfonamides is 1. The zero-order valence-corrected chi connectivity index (χ0v) is 12.2. The van der Waals surface area contributed by atoms with E-state index in [1.54, 1.807) is 19.1 Å². The summed E-state index contributed by atoms with van der Waals surface area (Å²) < 4.78 is 26.5. The first kappa shape index (κ1) is 14.9. The van der Waals surface area contributed by atoms with Crippen LogP contribution in [0.25, 0.3) is 0 Å². The van der Waals surface area contributed by atoms with Gasteiger partial charge in [0.2, 0.25) is 0 Å². The standard InChI is InChI=1S/C15H14N2O3S/c1-2-17(13-4-3-5-14(18)10-13)21(19,20)15-8-6-12(11-16)7-9-15/h3-10,18H,2H2,1H3. The fourth-order valence-corrected chi connectivity index (χ4v) is 3.43. The van der Waals surface area contributed by atoms with Gasteiger partial charge in [-0.25, -0.2) is 8.42 Å². The molecule has 0 aliphatic carbocycles. The maximum atomic E-state index is 12.6. The predicted molar refractivity (Wildman–Crippen MR) is 79.5 cm³/mol. The Labute approximate surface area is 123 Å². The normalized spacial score (nSPS) is 10.9. The molecule has 108 valence electrons. The van der Waals surface area contributed by atoms with Crippen molar-refractivity contribution in [2.75, 3.05) is 10.8 Å². The number of nitrogens with zero attached hydrogens (tertiary/aromatic N) is 2. The number of aromatic hydroxyl groups is 1. The van der Waals surface area contributed by atoms with Crippen LogP contribution < -0.4 is 4.31 Å². The average molecular weight is 302 g/mol. The van der Waals surface area contributed by atoms with Crippen molar-refractivity contribution in [1.29, 1.82) is 5.26 Å². The molecule has 6 heteroatoms. The summed E-state index contributed by atoms with van der Waals surface area (Å²) in [5, 5.41) is 18.3. The minimum atomic E-state index is -3.73. The molecule has 2 aromatic carbocycles. The van der Waals surface area contributed by atoms with E-state index >= 15 is 0 Å². The smallest absolute Gasteiger partial charge is 0.264 e. The summed E-state index contributed by atoms with van der Waals surface area (Å²) >= 11 is 0. The lowest BCUT2D eigenvalue weighted by atomic mass is 10.2. The lowest BCUT2D eigenvalue weighted by Crippen LogP contribution is -2.30. The van der Waals surface area contributed by atoms with E-state index in [0.29, 0.717) is 11.3 Å². The minimum Gasteiger partial charge on any atom is -0.508 e. The molecule has 1 N–H and O–H groups in total. The number of rotatable bonds is 4. The molecule has 0 spiro atoms. The molecule has 0 atom stereocenters. The van der Waals surface area contributed by atoms with Gasteiger partial charge in [-0.2, -0.15) is 5.26 Å². The van der Waals surface area contributed by atoms with Crippen molar-refractivity contribution >= 4 is 15.7 Å². The van der Waals surface area contributed by atoms with Crippen LogP contribution in [0.5, 0.6) is 5.75 Å². The molecular weight excluding hydrogens is 288 g/mol. The van der Waals surface area contributed by atoms with Gasteiger partial charge in [0.1, 0.15) is 5.75 Å². The minimum absolute atomic E-state index is 0.000906. The third-order valence-electron chi connectivity index (χ3n) is 2.98. The molecule has 0 fully saturated rings. The van der Waals surface area contributed by atoms with E-state index in [1.807, 2.05) is 6.07 Å². The molecule has 0 bridgehead atoms. The van der Waals surface area contributed by atoms with Gasteiger partial charge in [0, 0.05) is 12.6 Å². The maximum Gasteiger partial charge on any atom is 0.264 e. The van der Waals surface area contributed by atoms with E-state index in [1.165, 1.54) is 40.7 Å². The third-order valence-corrected chi connectivity index (χ3v) is 4.89. The molecule has 0 unspecified atom stereocenters. The number of hydrogen-bond donors (Lipinski definition) is 1. The van der Waals surface area contributed by atoms with Gasteiger partial charge in [0.05, 0.1) is 22.2 Å². The number of anilines is 1. The Bertz CT molecular complexity index is 777. The first-order chi connectivity index (χ1) is 9.98. The lowest BCUT2D eigenvalue weighted by Gasteiger charge is -2.23. The van der Waals surface area contributed by atoms with Gasteiger partial charge in [-0.05, 0) is 43.3 Å². The molecule has 2 aromatic rings. The number of hydrogen-bond acceptors (Lipinski definition) is 4. The van der Waals surface area contributed by atoms with E-state index in [2.05, 4.69) is 0 Å². The Kier molecular flexibility index (Phi) is 4.15. The third kappa shape index (κ3) is 2.98. The van der Waals surface area contributed by atoms with Crippen molar-refractivity contribution in [2.45, 2.75) is 11.8 Å². The average Bonchev–Trinajstić information content (AvgIpc) is 2.48. The molecule has 0 heterocycles. The molecule has 0 aliphatic rings. The van der Waals surface area contributed by atoms with Gasteiger partial charge < -0.3 is 5.11 Å². The number of phenols is 1. The fraction of sp³-hybridized carbons (Fsp3) is 0.133.